The van der Waals surface area contributed by atoms with Gasteiger partial charge in [-0.2, -0.15) is 13.2 Å². The van der Waals surface area contributed by atoms with Crippen molar-refractivity contribution in [3.05, 3.63) is 28.8 Å². The molecule has 0 saturated heterocycles. The Hall–Kier alpha value is -1.08. The first-order valence-electron chi connectivity index (χ1n) is 4.90. The number of anilines is 1. The molecule has 3 nitrogen and oxygen atoms in total. The lowest BCUT2D eigenvalue weighted by Gasteiger charge is -2.11. The van der Waals surface area contributed by atoms with Crippen molar-refractivity contribution in [1.82, 2.24) is 4.72 Å². The van der Waals surface area contributed by atoms with E-state index < -0.39 is 22.8 Å². The highest BCUT2D eigenvalue weighted by Gasteiger charge is 2.33. The van der Waals surface area contributed by atoms with Gasteiger partial charge in [0.25, 0.3) is 0 Å². The number of halogens is 4. The number of hydrogen-bond acceptors (Lipinski definition) is 2. The molecular formula is C10H10ClF3N2OS. The van der Waals surface area contributed by atoms with Crippen molar-refractivity contribution in [3.63, 3.8) is 0 Å². The second kappa shape index (κ2) is 6.19. The molecule has 0 saturated carbocycles. The average molecular weight is 299 g/mol. The van der Waals surface area contributed by atoms with E-state index >= 15 is 0 Å². The summed E-state index contributed by atoms with van der Waals surface area (Å²) >= 11 is 6.59. The summed E-state index contributed by atoms with van der Waals surface area (Å²) in [6.45, 7) is 1.83. The highest BCUT2D eigenvalue weighted by molar-refractivity contribution is 7.97. The number of hydrogen-bond donors (Lipinski definition) is 2. The molecule has 0 atom stereocenters. The van der Waals surface area contributed by atoms with Crippen LogP contribution in [0.2, 0.25) is 5.02 Å². The molecule has 0 aliphatic heterocycles. The molecule has 1 rings (SSSR count). The van der Waals surface area contributed by atoms with E-state index in [1.165, 1.54) is 6.07 Å². The molecule has 0 aromatic heterocycles. The number of rotatable bonds is 3. The standard InChI is InChI=1S/C10H10ClF3N2OS/c1-2-18-16-9(17)15-6-3-4-8(11)7(5-6)10(12,13)14/h3-5H,2H2,1H3,(H2,15,16,17). The molecule has 0 aliphatic rings. The summed E-state index contributed by atoms with van der Waals surface area (Å²) in [5, 5.41) is 1.88. The van der Waals surface area contributed by atoms with Crippen LogP contribution in [0, 0.1) is 0 Å². The fraction of sp³-hybridized carbons (Fsp3) is 0.300. The topological polar surface area (TPSA) is 41.1 Å². The first-order chi connectivity index (χ1) is 8.34. The second-order valence-corrected chi connectivity index (χ2v) is 4.66. The van der Waals surface area contributed by atoms with E-state index in [-0.39, 0.29) is 5.69 Å². The van der Waals surface area contributed by atoms with Gasteiger partial charge in [-0.05, 0) is 30.1 Å². The number of nitrogens with one attached hydrogen (secondary N) is 2. The van der Waals surface area contributed by atoms with Crippen molar-refractivity contribution in [2.45, 2.75) is 13.1 Å². The van der Waals surface area contributed by atoms with E-state index in [1.54, 1.807) is 0 Å². The average Bonchev–Trinajstić information content (AvgIpc) is 2.27. The monoisotopic (exact) mass is 298 g/mol. The fourth-order valence-corrected chi connectivity index (χ4v) is 1.67. The molecule has 8 heteroatoms. The van der Waals surface area contributed by atoms with Crippen molar-refractivity contribution in [3.8, 4) is 0 Å². The maximum Gasteiger partial charge on any atom is 0.417 e. The predicted molar refractivity (Wildman–Crippen MR) is 66.7 cm³/mol. The van der Waals surface area contributed by atoms with Crippen molar-refractivity contribution >= 4 is 35.3 Å². The number of carbonyl (C=O) groups is 1. The van der Waals surface area contributed by atoms with Gasteiger partial charge in [0.1, 0.15) is 0 Å². The minimum absolute atomic E-state index is 0.0286. The molecule has 0 heterocycles. The third-order valence-corrected chi connectivity index (χ3v) is 2.79. The molecule has 0 radical (unpaired) electrons. The number of benzene rings is 1. The van der Waals surface area contributed by atoms with Crippen LogP contribution in [-0.2, 0) is 6.18 Å². The molecule has 1 aromatic carbocycles. The summed E-state index contributed by atoms with van der Waals surface area (Å²) in [6.07, 6.45) is -4.55. The normalized spacial score (nSPS) is 11.2. The molecule has 0 unspecified atom stereocenters. The molecular weight excluding hydrogens is 289 g/mol. The largest absolute Gasteiger partial charge is 0.417 e. The van der Waals surface area contributed by atoms with Crippen LogP contribution < -0.4 is 10.0 Å². The molecule has 100 valence electrons. The summed E-state index contributed by atoms with van der Waals surface area (Å²) in [4.78, 5) is 11.3. The summed E-state index contributed by atoms with van der Waals surface area (Å²) in [7, 11) is 0. The Morgan fingerprint density at radius 3 is 2.67 bits per heavy atom. The van der Waals surface area contributed by atoms with Crippen molar-refractivity contribution in [1.29, 1.82) is 0 Å². The molecule has 0 spiro atoms. The van der Waals surface area contributed by atoms with Crippen LogP contribution in [0.25, 0.3) is 0 Å². The minimum atomic E-state index is -4.55. The zero-order chi connectivity index (χ0) is 13.8. The highest BCUT2D eigenvalue weighted by atomic mass is 35.5. The molecule has 2 amide bonds. The Bertz CT molecular complexity index is 440. The zero-order valence-electron chi connectivity index (χ0n) is 9.27. The van der Waals surface area contributed by atoms with Gasteiger partial charge >= 0.3 is 12.2 Å². The van der Waals surface area contributed by atoms with Gasteiger partial charge in [0, 0.05) is 11.4 Å². The maximum atomic E-state index is 12.6. The maximum absolute atomic E-state index is 12.6. The van der Waals surface area contributed by atoms with Crippen LogP contribution in [0.1, 0.15) is 12.5 Å². The Kier molecular flexibility index (Phi) is 5.15. The summed E-state index contributed by atoms with van der Waals surface area (Å²) in [5.74, 6) is 0.655. The summed E-state index contributed by atoms with van der Waals surface area (Å²) in [5.41, 5.74) is -0.953. The van der Waals surface area contributed by atoms with Crippen LogP contribution in [-0.4, -0.2) is 11.8 Å². The molecule has 0 bridgehead atoms. The van der Waals surface area contributed by atoms with Crippen LogP contribution in [0.5, 0.6) is 0 Å². The summed E-state index contributed by atoms with van der Waals surface area (Å²) in [6, 6.07) is 2.59. The minimum Gasteiger partial charge on any atom is -0.307 e. The second-order valence-electron chi connectivity index (χ2n) is 3.18. The quantitative estimate of drug-likeness (QED) is 0.823. The van der Waals surface area contributed by atoms with Crippen LogP contribution in [0.4, 0.5) is 23.7 Å². The number of alkyl halides is 3. The van der Waals surface area contributed by atoms with E-state index in [4.69, 9.17) is 11.6 Å². The van der Waals surface area contributed by atoms with Gasteiger partial charge in [0.05, 0.1) is 10.6 Å². The SMILES string of the molecule is CCSNC(=O)Nc1ccc(Cl)c(C(F)(F)F)c1. The molecule has 0 aliphatic carbocycles. The third-order valence-electron chi connectivity index (χ3n) is 1.84. The number of amides is 2. The van der Waals surface area contributed by atoms with Crippen molar-refractivity contribution < 1.29 is 18.0 Å². The van der Waals surface area contributed by atoms with E-state index in [0.29, 0.717) is 5.75 Å². The smallest absolute Gasteiger partial charge is 0.307 e. The van der Waals surface area contributed by atoms with Crippen molar-refractivity contribution in [2.24, 2.45) is 0 Å². The van der Waals surface area contributed by atoms with Gasteiger partial charge in [0.2, 0.25) is 0 Å². The van der Waals surface area contributed by atoms with E-state index in [9.17, 15) is 18.0 Å². The van der Waals surface area contributed by atoms with Gasteiger partial charge in [-0.3, -0.25) is 4.72 Å². The summed E-state index contributed by atoms with van der Waals surface area (Å²) < 4.78 is 40.1. The third kappa shape index (κ3) is 4.30. The Morgan fingerprint density at radius 2 is 2.11 bits per heavy atom. The predicted octanol–water partition coefficient (Wildman–Crippen LogP) is 4.15. The first kappa shape index (κ1) is 15.0. The molecule has 18 heavy (non-hydrogen) atoms. The fourth-order valence-electron chi connectivity index (χ4n) is 1.11. The van der Waals surface area contributed by atoms with Gasteiger partial charge in [-0.25, -0.2) is 4.79 Å². The zero-order valence-corrected chi connectivity index (χ0v) is 10.8. The van der Waals surface area contributed by atoms with Crippen LogP contribution in [0.3, 0.4) is 0 Å². The first-order valence-corrected chi connectivity index (χ1v) is 6.26. The lowest BCUT2D eigenvalue weighted by Crippen LogP contribution is -2.23. The van der Waals surface area contributed by atoms with Crippen LogP contribution >= 0.6 is 23.5 Å². The molecule has 0 fully saturated rings. The Labute approximate surface area is 111 Å². The lowest BCUT2D eigenvalue weighted by atomic mass is 10.2. The Balaban J connectivity index is 2.83. The number of carbonyl (C=O) groups excluding carboxylic acids is 1. The Morgan fingerprint density at radius 1 is 1.44 bits per heavy atom. The van der Waals surface area contributed by atoms with Crippen molar-refractivity contribution in [2.75, 3.05) is 11.1 Å². The number of urea groups is 1. The van der Waals surface area contributed by atoms with Gasteiger partial charge in [-0.1, -0.05) is 18.5 Å². The lowest BCUT2D eigenvalue weighted by molar-refractivity contribution is -0.137. The highest BCUT2D eigenvalue weighted by Crippen LogP contribution is 2.36. The van der Waals surface area contributed by atoms with E-state index in [2.05, 4.69) is 10.0 Å². The molecule has 1 aromatic rings. The molecule has 2 N–H and O–H groups in total. The van der Waals surface area contributed by atoms with Gasteiger partial charge in [-0.15, -0.1) is 0 Å². The van der Waals surface area contributed by atoms with Crippen LogP contribution in [0.15, 0.2) is 18.2 Å². The van der Waals surface area contributed by atoms with Gasteiger partial charge < -0.3 is 5.32 Å². The van der Waals surface area contributed by atoms with Gasteiger partial charge in [0.15, 0.2) is 0 Å². The van der Waals surface area contributed by atoms with E-state index in [0.717, 1.165) is 24.1 Å². The van der Waals surface area contributed by atoms with E-state index in [1.807, 2.05) is 6.92 Å².